The summed E-state index contributed by atoms with van der Waals surface area (Å²) in [6, 6.07) is 1.33. The van der Waals surface area contributed by atoms with Gasteiger partial charge in [-0.1, -0.05) is 0 Å². The first-order valence-corrected chi connectivity index (χ1v) is 2.52. The van der Waals surface area contributed by atoms with E-state index in [1.165, 1.54) is 18.5 Å². The second-order valence-corrected chi connectivity index (χ2v) is 1.86. The van der Waals surface area contributed by atoms with Crippen molar-refractivity contribution in [2.75, 3.05) is 0 Å². The van der Waals surface area contributed by atoms with Gasteiger partial charge in [0.15, 0.2) is 0 Å². The van der Waals surface area contributed by atoms with Gasteiger partial charge in [-0.05, 0) is 0 Å². The summed E-state index contributed by atoms with van der Waals surface area (Å²) in [7, 11) is 0. The van der Waals surface area contributed by atoms with Crippen molar-refractivity contribution in [1.29, 1.82) is 0 Å². The van der Waals surface area contributed by atoms with E-state index in [9.17, 15) is 10.1 Å². The molecular weight excluding hydrogens is 144 g/mol. The van der Waals surface area contributed by atoms with E-state index in [4.69, 9.17) is 11.8 Å². The molecule has 0 spiro atoms. The molecule has 0 atom stereocenters. The maximum Gasteiger partial charge on any atom is 0.288 e. The molecule has 0 aromatic carbocycles. The third-order valence-electron chi connectivity index (χ3n) is 0.854. The van der Waals surface area contributed by atoms with E-state index in [-0.39, 0.29) is 5.69 Å². The molecule has 0 unspecified atom stereocenters. The molecule has 0 bridgehead atoms. The van der Waals surface area contributed by atoms with E-state index < -0.39 is 4.92 Å². The van der Waals surface area contributed by atoms with Gasteiger partial charge in [-0.2, -0.15) is 0 Å². The van der Waals surface area contributed by atoms with Crippen LogP contribution in [-0.4, -0.2) is 9.01 Å². The number of halogens is 1. The molecule has 48 valence electrons. The molecule has 0 aliphatic carbocycles. The van der Waals surface area contributed by atoms with Crippen molar-refractivity contribution in [3.63, 3.8) is 0 Å². The zero-order valence-electron chi connectivity index (χ0n) is 4.32. The fraction of sp³-hybridized carbons (Fsp3) is 0. The summed E-state index contributed by atoms with van der Waals surface area (Å²) in [6.07, 6.45) is 2.63. The Labute approximate surface area is 55.9 Å². The Kier molecular flexibility index (Phi) is 1.40. The predicted octanol–water partition coefficient (Wildman–Crippen LogP) is 1.40. The van der Waals surface area contributed by atoms with Gasteiger partial charge in [-0.25, -0.2) is 0 Å². The molecule has 0 fully saturated rings. The smallest absolute Gasteiger partial charge is 0.261 e. The second kappa shape index (κ2) is 2.06. The molecule has 0 aliphatic rings. The van der Waals surface area contributed by atoms with Crippen molar-refractivity contribution >= 4 is 17.5 Å². The van der Waals surface area contributed by atoms with Gasteiger partial charge in [0.1, 0.15) is 0 Å². The van der Waals surface area contributed by atoms with Crippen molar-refractivity contribution in [3.8, 4) is 0 Å². The molecule has 1 rings (SSSR count). The lowest BCUT2D eigenvalue weighted by molar-refractivity contribution is -0.384. The highest BCUT2D eigenvalue weighted by atomic mass is 35.5. The Balaban J connectivity index is 2.98. The highest BCUT2D eigenvalue weighted by Crippen LogP contribution is 2.10. The van der Waals surface area contributed by atoms with E-state index >= 15 is 0 Å². The van der Waals surface area contributed by atoms with E-state index in [1.807, 2.05) is 0 Å². The molecule has 0 aliphatic heterocycles. The van der Waals surface area contributed by atoms with Gasteiger partial charge in [-0.3, -0.25) is 14.2 Å². The van der Waals surface area contributed by atoms with Crippen LogP contribution in [0.1, 0.15) is 0 Å². The SMILES string of the molecule is O=[N+]([O-])c1ccn(Cl)c1. The summed E-state index contributed by atoms with van der Waals surface area (Å²) in [5.74, 6) is 0. The van der Waals surface area contributed by atoms with Crippen LogP contribution in [0.2, 0.25) is 0 Å². The molecule has 1 aromatic rings. The summed E-state index contributed by atoms with van der Waals surface area (Å²) in [5.41, 5.74) is 0.00463. The van der Waals surface area contributed by atoms with Crippen LogP contribution in [0, 0.1) is 10.1 Å². The largest absolute Gasteiger partial charge is 0.288 e. The van der Waals surface area contributed by atoms with E-state index in [0.29, 0.717) is 0 Å². The normalized spacial score (nSPS) is 9.44. The van der Waals surface area contributed by atoms with Gasteiger partial charge in [0.2, 0.25) is 0 Å². The van der Waals surface area contributed by atoms with Crippen molar-refractivity contribution in [2.45, 2.75) is 0 Å². The summed E-state index contributed by atoms with van der Waals surface area (Å²) in [6.45, 7) is 0. The summed E-state index contributed by atoms with van der Waals surface area (Å²) < 4.78 is 1.11. The van der Waals surface area contributed by atoms with Crippen molar-refractivity contribution in [1.82, 2.24) is 4.09 Å². The molecular formula is C4H3ClN2O2. The third-order valence-corrected chi connectivity index (χ3v) is 1.06. The number of nitrogens with zero attached hydrogens (tertiary/aromatic N) is 2. The molecule has 0 N–H and O–H groups in total. The Hall–Kier alpha value is -1.03. The quantitative estimate of drug-likeness (QED) is 0.444. The molecule has 4 nitrogen and oxygen atoms in total. The zero-order valence-corrected chi connectivity index (χ0v) is 5.08. The van der Waals surface area contributed by atoms with Crippen LogP contribution in [0.4, 0.5) is 5.69 Å². The monoisotopic (exact) mass is 146 g/mol. The molecule has 9 heavy (non-hydrogen) atoms. The Bertz CT molecular complexity index is 232. The molecule has 0 saturated carbocycles. The van der Waals surface area contributed by atoms with Crippen LogP contribution in [-0.2, 0) is 0 Å². The van der Waals surface area contributed by atoms with Gasteiger partial charge in [0.25, 0.3) is 5.69 Å². The minimum atomic E-state index is -0.501. The standard InChI is InChI=1S/C4H3ClN2O2/c5-6-2-1-4(3-6)7(8)9/h1-3H. The van der Waals surface area contributed by atoms with Crippen molar-refractivity contribution < 1.29 is 4.92 Å². The summed E-state index contributed by atoms with van der Waals surface area (Å²) in [5, 5.41) is 9.95. The van der Waals surface area contributed by atoms with E-state index in [2.05, 4.69) is 0 Å². The van der Waals surface area contributed by atoms with Crippen LogP contribution in [0.15, 0.2) is 18.5 Å². The first kappa shape index (κ1) is 6.10. The average molecular weight is 147 g/mol. The molecule has 0 radical (unpaired) electrons. The molecule has 1 aromatic heterocycles. The maximum absolute atomic E-state index is 9.95. The average Bonchev–Trinajstić information content (AvgIpc) is 2.14. The minimum Gasteiger partial charge on any atom is -0.261 e. The summed E-state index contributed by atoms with van der Waals surface area (Å²) >= 11 is 5.32. The lowest BCUT2D eigenvalue weighted by atomic mass is 10.6. The lowest BCUT2D eigenvalue weighted by Crippen LogP contribution is -1.83. The van der Waals surface area contributed by atoms with Gasteiger partial charge < -0.3 is 0 Å². The van der Waals surface area contributed by atoms with Crippen LogP contribution in [0.5, 0.6) is 0 Å². The lowest BCUT2D eigenvalue weighted by Gasteiger charge is -1.79. The molecule has 5 heteroatoms. The fourth-order valence-electron chi connectivity index (χ4n) is 0.468. The van der Waals surface area contributed by atoms with Crippen LogP contribution >= 0.6 is 11.8 Å². The number of hydrogen-bond acceptors (Lipinski definition) is 2. The Morgan fingerprint density at radius 1 is 1.78 bits per heavy atom. The third kappa shape index (κ3) is 1.20. The number of rotatable bonds is 1. The van der Waals surface area contributed by atoms with E-state index in [1.54, 1.807) is 0 Å². The van der Waals surface area contributed by atoms with Gasteiger partial charge >= 0.3 is 0 Å². The van der Waals surface area contributed by atoms with Crippen LogP contribution in [0.3, 0.4) is 0 Å². The topological polar surface area (TPSA) is 48.1 Å². The fourth-order valence-corrected chi connectivity index (χ4v) is 0.624. The zero-order chi connectivity index (χ0) is 6.85. The minimum absolute atomic E-state index is 0.00463. The van der Waals surface area contributed by atoms with Gasteiger partial charge in [0, 0.05) is 24.0 Å². The first-order valence-electron chi connectivity index (χ1n) is 2.18. The molecule has 1 heterocycles. The highest BCUT2D eigenvalue weighted by Gasteiger charge is 2.04. The Morgan fingerprint density at radius 2 is 2.44 bits per heavy atom. The molecule has 0 saturated heterocycles. The van der Waals surface area contributed by atoms with Crippen LogP contribution in [0.25, 0.3) is 0 Å². The van der Waals surface area contributed by atoms with Crippen molar-refractivity contribution in [2.24, 2.45) is 0 Å². The highest BCUT2D eigenvalue weighted by molar-refractivity contribution is 6.15. The summed E-state index contributed by atoms with van der Waals surface area (Å²) in [4.78, 5) is 9.45. The number of nitro groups is 1. The van der Waals surface area contributed by atoms with E-state index in [0.717, 1.165) is 4.09 Å². The van der Waals surface area contributed by atoms with Crippen LogP contribution < -0.4 is 0 Å². The predicted molar refractivity (Wildman–Crippen MR) is 32.3 cm³/mol. The number of aromatic nitrogens is 1. The second-order valence-electron chi connectivity index (χ2n) is 1.47. The Morgan fingerprint density at radius 3 is 2.67 bits per heavy atom. The number of hydrogen-bond donors (Lipinski definition) is 0. The molecule has 0 amide bonds. The van der Waals surface area contributed by atoms with Gasteiger partial charge in [-0.15, -0.1) is 0 Å². The van der Waals surface area contributed by atoms with Crippen molar-refractivity contribution in [3.05, 3.63) is 28.6 Å². The van der Waals surface area contributed by atoms with Gasteiger partial charge in [0.05, 0.1) is 11.1 Å². The first-order chi connectivity index (χ1) is 4.20. The maximum atomic E-state index is 9.95.